The SMILES string of the molecule is CNC(=O)CCOc1c(F)cc(CN)cc1F. The van der Waals surface area contributed by atoms with Crippen molar-refractivity contribution in [3.8, 4) is 5.75 Å². The number of halogens is 2. The summed E-state index contributed by atoms with van der Waals surface area (Å²) in [5.41, 5.74) is 5.61. The van der Waals surface area contributed by atoms with E-state index < -0.39 is 17.4 Å². The molecule has 1 amide bonds. The van der Waals surface area contributed by atoms with Crippen molar-refractivity contribution in [3.05, 3.63) is 29.3 Å². The Morgan fingerprint density at radius 3 is 2.47 bits per heavy atom. The Kier molecular flexibility index (Phi) is 4.84. The number of amides is 1. The van der Waals surface area contributed by atoms with Crippen molar-refractivity contribution in [1.29, 1.82) is 0 Å². The van der Waals surface area contributed by atoms with Crippen LogP contribution in [0.3, 0.4) is 0 Å². The van der Waals surface area contributed by atoms with Gasteiger partial charge < -0.3 is 15.8 Å². The molecule has 1 aromatic rings. The molecule has 0 saturated heterocycles. The summed E-state index contributed by atoms with van der Waals surface area (Å²) in [6.45, 7) is -0.0398. The van der Waals surface area contributed by atoms with E-state index >= 15 is 0 Å². The Labute approximate surface area is 97.8 Å². The molecule has 0 atom stereocenters. The zero-order chi connectivity index (χ0) is 12.8. The van der Waals surface area contributed by atoms with E-state index in [1.54, 1.807) is 0 Å². The van der Waals surface area contributed by atoms with E-state index in [9.17, 15) is 13.6 Å². The minimum atomic E-state index is -0.817. The lowest BCUT2D eigenvalue weighted by Crippen LogP contribution is -2.20. The number of nitrogens with one attached hydrogen (secondary N) is 1. The zero-order valence-corrected chi connectivity index (χ0v) is 9.43. The van der Waals surface area contributed by atoms with Crippen LogP contribution < -0.4 is 15.8 Å². The predicted molar refractivity (Wildman–Crippen MR) is 58.4 cm³/mol. The fourth-order valence-electron chi connectivity index (χ4n) is 1.24. The Bertz CT molecular complexity index is 387. The second-order valence-electron chi connectivity index (χ2n) is 3.36. The van der Waals surface area contributed by atoms with E-state index in [0.717, 1.165) is 12.1 Å². The van der Waals surface area contributed by atoms with Gasteiger partial charge in [0.05, 0.1) is 13.0 Å². The molecule has 0 aliphatic carbocycles. The molecule has 0 spiro atoms. The summed E-state index contributed by atoms with van der Waals surface area (Å²) < 4.78 is 31.7. The van der Waals surface area contributed by atoms with Gasteiger partial charge in [0.1, 0.15) is 0 Å². The maximum atomic E-state index is 13.4. The molecule has 0 saturated carbocycles. The molecule has 6 heteroatoms. The second-order valence-corrected chi connectivity index (χ2v) is 3.36. The van der Waals surface area contributed by atoms with Crippen molar-refractivity contribution in [1.82, 2.24) is 5.32 Å². The van der Waals surface area contributed by atoms with Crippen molar-refractivity contribution < 1.29 is 18.3 Å². The molecule has 0 heterocycles. The van der Waals surface area contributed by atoms with Gasteiger partial charge in [0.25, 0.3) is 0 Å². The molecule has 0 bridgehead atoms. The lowest BCUT2D eigenvalue weighted by atomic mass is 10.2. The van der Waals surface area contributed by atoms with Crippen LogP contribution in [0.5, 0.6) is 5.75 Å². The molecule has 3 N–H and O–H groups in total. The van der Waals surface area contributed by atoms with Crippen molar-refractivity contribution >= 4 is 5.91 Å². The third-order valence-electron chi connectivity index (χ3n) is 2.15. The molecule has 1 rings (SSSR count). The topological polar surface area (TPSA) is 64.3 Å². The van der Waals surface area contributed by atoms with Gasteiger partial charge in [0, 0.05) is 13.6 Å². The lowest BCUT2D eigenvalue weighted by molar-refractivity contribution is -0.121. The Morgan fingerprint density at radius 1 is 1.41 bits per heavy atom. The average molecular weight is 244 g/mol. The summed E-state index contributed by atoms with van der Waals surface area (Å²) in [7, 11) is 1.47. The molecule has 0 unspecified atom stereocenters. The molecule has 94 valence electrons. The fraction of sp³-hybridized carbons (Fsp3) is 0.364. The highest BCUT2D eigenvalue weighted by Gasteiger charge is 2.12. The van der Waals surface area contributed by atoms with Crippen LogP contribution in [0.4, 0.5) is 8.78 Å². The first-order valence-electron chi connectivity index (χ1n) is 5.09. The van der Waals surface area contributed by atoms with Gasteiger partial charge in [-0.1, -0.05) is 0 Å². The first-order chi connectivity index (χ1) is 8.08. The van der Waals surface area contributed by atoms with Gasteiger partial charge in [-0.2, -0.15) is 0 Å². The van der Waals surface area contributed by atoms with Crippen molar-refractivity contribution in [3.63, 3.8) is 0 Å². The number of carbonyl (C=O) groups is 1. The van der Waals surface area contributed by atoms with Gasteiger partial charge >= 0.3 is 0 Å². The van der Waals surface area contributed by atoms with Crippen molar-refractivity contribution in [2.75, 3.05) is 13.7 Å². The van der Waals surface area contributed by atoms with Crippen LogP contribution in [0.15, 0.2) is 12.1 Å². The third kappa shape index (κ3) is 3.67. The maximum Gasteiger partial charge on any atom is 0.223 e. The molecular formula is C11H14F2N2O2. The van der Waals surface area contributed by atoms with E-state index in [2.05, 4.69) is 5.32 Å². The number of rotatable bonds is 5. The van der Waals surface area contributed by atoms with Crippen LogP contribution in [0.25, 0.3) is 0 Å². The van der Waals surface area contributed by atoms with Crippen LogP contribution >= 0.6 is 0 Å². The van der Waals surface area contributed by atoms with E-state index in [4.69, 9.17) is 10.5 Å². The average Bonchev–Trinajstić information content (AvgIpc) is 2.31. The van der Waals surface area contributed by atoms with Gasteiger partial charge in [-0.3, -0.25) is 4.79 Å². The molecule has 0 aliphatic heterocycles. The van der Waals surface area contributed by atoms with Gasteiger partial charge in [0.2, 0.25) is 5.91 Å². The smallest absolute Gasteiger partial charge is 0.223 e. The van der Waals surface area contributed by atoms with Gasteiger partial charge in [0.15, 0.2) is 17.4 Å². The minimum absolute atomic E-state index is 0.0357. The minimum Gasteiger partial charge on any atom is -0.487 e. The number of hydrogen-bond acceptors (Lipinski definition) is 3. The first-order valence-corrected chi connectivity index (χ1v) is 5.09. The molecule has 1 aromatic carbocycles. The highest BCUT2D eigenvalue weighted by Crippen LogP contribution is 2.23. The van der Waals surface area contributed by atoms with E-state index in [-0.39, 0.29) is 25.5 Å². The molecule has 17 heavy (non-hydrogen) atoms. The van der Waals surface area contributed by atoms with Crippen LogP contribution in [0.2, 0.25) is 0 Å². The summed E-state index contributed by atoms with van der Waals surface area (Å²) in [4.78, 5) is 10.9. The Hall–Kier alpha value is -1.69. The Balaban J connectivity index is 2.68. The quantitative estimate of drug-likeness (QED) is 0.810. The van der Waals surface area contributed by atoms with Crippen LogP contribution in [-0.4, -0.2) is 19.6 Å². The second kappa shape index (κ2) is 6.15. The van der Waals surface area contributed by atoms with Crippen LogP contribution in [0.1, 0.15) is 12.0 Å². The lowest BCUT2D eigenvalue weighted by Gasteiger charge is -2.09. The molecule has 0 aliphatic rings. The number of carbonyl (C=O) groups excluding carboxylic acids is 1. The standard InChI is InChI=1S/C11H14F2N2O2/c1-15-10(16)2-3-17-11-8(12)4-7(6-14)5-9(11)13/h4-5H,2-3,6,14H2,1H3,(H,15,16). The monoisotopic (exact) mass is 244 g/mol. The fourth-order valence-corrected chi connectivity index (χ4v) is 1.24. The summed E-state index contributed by atoms with van der Waals surface area (Å²) in [5.74, 6) is -2.37. The number of hydrogen-bond donors (Lipinski definition) is 2. The Morgan fingerprint density at radius 2 is 2.00 bits per heavy atom. The molecule has 0 radical (unpaired) electrons. The van der Waals surface area contributed by atoms with Gasteiger partial charge in [-0.25, -0.2) is 8.78 Å². The zero-order valence-electron chi connectivity index (χ0n) is 9.43. The van der Waals surface area contributed by atoms with E-state index in [1.807, 2.05) is 0 Å². The summed E-state index contributed by atoms with van der Waals surface area (Å²) in [6, 6.07) is 2.22. The van der Waals surface area contributed by atoms with Gasteiger partial charge in [-0.05, 0) is 17.7 Å². The van der Waals surface area contributed by atoms with Crippen LogP contribution in [0, 0.1) is 11.6 Å². The number of nitrogens with two attached hydrogens (primary N) is 1. The highest BCUT2D eigenvalue weighted by atomic mass is 19.1. The summed E-state index contributed by atoms with van der Waals surface area (Å²) >= 11 is 0. The normalized spacial score (nSPS) is 10.1. The maximum absolute atomic E-state index is 13.4. The van der Waals surface area contributed by atoms with E-state index in [0.29, 0.717) is 5.56 Å². The molecule has 4 nitrogen and oxygen atoms in total. The summed E-state index contributed by atoms with van der Waals surface area (Å²) in [5, 5.41) is 2.38. The molecular weight excluding hydrogens is 230 g/mol. The predicted octanol–water partition coefficient (Wildman–Crippen LogP) is 0.938. The van der Waals surface area contributed by atoms with Crippen molar-refractivity contribution in [2.45, 2.75) is 13.0 Å². The molecule has 0 aromatic heterocycles. The first kappa shape index (κ1) is 13.4. The third-order valence-corrected chi connectivity index (χ3v) is 2.15. The summed E-state index contributed by atoms with van der Waals surface area (Å²) in [6.07, 6.45) is 0.0357. The largest absolute Gasteiger partial charge is 0.487 e. The number of ether oxygens (including phenoxy) is 1. The van der Waals surface area contributed by atoms with Crippen LogP contribution in [-0.2, 0) is 11.3 Å². The number of benzene rings is 1. The molecule has 0 fully saturated rings. The van der Waals surface area contributed by atoms with Crippen molar-refractivity contribution in [2.24, 2.45) is 5.73 Å². The highest BCUT2D eigenvalue weighted by molar-refractivity contribution is 5.75. The van der Waals surface area contributed by atoms with Gasteiger partial charge in [-0.15, -0.1) is 0 Å². The van der Waals surface area contributed by atoms with E-state index in [1.165, 1.54) is 7.05 Å².